The molecule has 0 fully saturated rings. The first-order valence-electron chi connectivity index (χ1n) is 8.19. The molecule has 4 aromatic rings. The van der Waals surface area contributed by atoms with Gasteiger partial charge in [0.15, 0.2) is 12.4 Å². The molecule has 3 heterocycles. The fourth-order valence-corrected chi connectivity index (χ4v) is 3.11. The predicted octanol–water partition coefficient (Wildman–Crippen LogP) is 4.00. The van der Waals surface area contributed by atoms with E-state index in [0.29, 0.717) is 15.7 Å². The third kappa shape index (κ3) is 3.99. The molecule has 0 unspecified atom stereocenters. The zero-order valence-corrected chi connectivity index (χ0v) is 15.1. The maximum atomic E-state index is 12.2. The average molecular weight is 395 g/mol. The molecule has 8 nitrogen and oxygen atoms in total. The van der Waals surface area contributed by atoms with Gasteiger partial charge < -0.3 is 19.0 Å². The van der Waals surface area contributed by atoms with Crippen molar-refractivity contribution < 1.29 is 23.3 Å². The number of hydrogen-bond donors (Lipinski definition) is 1. The van der Waals surface area contributed by atoms with Crippen molar-refractivity contribution in [2.24, 2.45) is 0 Å². The van der Waals surface area contributed by atoms with E-state index in [1.807, 2.05) is 30.3 Å². The maximum absolute atomic E-state index is 12.2. The number of carbonyl (C=O) groups is 2. The summed E-state index contributed by atoms with van der Waals surface area (Å²) in [7, 11) is 0. The van der Waals surface area contributed by atoms with Gasteiger partial charge in [0.1, 0.15) is 4.88 Å². The normalized spacial score (nSPS) is 10.6. The van der Waals surface area contributed by atoms with Crippen LogP contribution in [0.2, 0.25) is 0 Å². The van der Waals surface area contributed by atoms with Gasteiger partial charge in [-0.05, 0) is 24.3 Å². The first-order chi connectivity index (χ1) is 13.7. The molecular formula is C19H13N3O5S. The minimum absolute atomic E-state index is 0.148. The number of aromatic nitrogens is 2. The number of nitrogens with one attached hydrogen (secondary N) is 1. The molecule has 0 bridgehead atoms. The summed E-state index contributed by atoms with van der Waals surface area (Å²) in [6.07, 6.45) is 1.41. The van der Waals surface area contributed by atoms with Crippen molar-refractivity contribution in [2.75, 3.05) is 5.32 Å². The third-order valence-corrected chi connectivity index (χ3v) is 4.60. The lowest BCUT2D eigenvalue weighted by molar-refractivity contribution is 0.0435. The molecule has 0 radical (unpaired) electrons. The topological polar surface area (TPSA) is 107 Å². The van der Waals surface area contributed by atoms with Gasteiger partial charge in [-0.1, -0.05) is 35.5 Å². The van der Waals surface area contributed by atoms with E-state index in [9.17, 15) is 9.59 Å². The number of hydrogen-bond acceptors (Lipinski definition) is 8. The van der Waals surface area contributed by atoms with Crippen molar-refractivity contribution in [3.63, 3.8) is 0 Å². The van der Waals surface area contributed by atoms with Crippen molar-refractivity contribution in [3.8, 4) is 11.4 Å². The van der Waals surface area contributed by atoms with Crippen LogP contribution < -0.4 is 5.32 Å². The first kappa shape index (κ1) is 17.7. The van der Waals surface area contributed by atoms with E-state index < -0.39 is 11.9 Å². The lowest BCUT2D eigenvalue weighted by Gasteiger charge is -1.99. The molecule has 1 aromatic carbocycles. The Balaban J connectivity index is 1.34. The Bertz CT molecular complexity index is 1090. The lowest BCUT2D eigenvalue weighted by atomic mass is 10.2. The highest BCUT2D eigenvalue weighted by Gasteiger charge is 2.16. The van der Waals surface area contributed by atoms with E-state index >= 15 is 0 Å². The molecule has 0 aliphatic rings. The Morgan fingerprint density at radius 2 is 1.93 bits per heavy atom. The van der Waals surface area contributed by atoms with Crippen LogP contribution in [0.1, 0.15) is 26.1 Å². The quantitative estimate of drug-likeness (QED) is 0.492. The summed E-state index contributed by atoms with van der Waals surface area (Å²) in [5.41, 5.74) is 0.805. The van der Waals surface area contributed by atoms with Gasteiger partial charge >= 0.3 is 5.97 Å². The highest BCUT2D eigenvalue weighted by Crippen LogP contribution is 2.24. The number of benzene rings is 1. The van der Waals surface area contributed by atoms with Crippen molar-refractivity contribution in [2.45, 2.75) is 6.61 Å². The fraction of sp³-hybridized carbons (Fsp3) is 0.0526. The van der Waals surface area contributed by atoms with E-state index in [1.165, 1.54) is 6.26 Å². The summed E-state index contributed by atoms with van der Waals surface area (Å²) in [5, 5.41) is 7.02. The Kier molecular flexibility index (Phi) is 4.98. The van der Waals surface area contributed by atoms with Crippen LogP contribution in [0.25, 0.3) is 11.4 Å². The van der Waals surface area contributed by atoms with E-state index in [-0.39, 0.29) is 18.3 Å². The molecule has 1 amide bonds. The lowest BCUT2D eigenvalue weighted by Crippen LogP contribution is -2.09. The molecular weight excluding hydrogens is 382 g/mol. The second kappa shape index (κ2) is 7.89. The largest absolute Gasteiger partial charge is 0.459 e. The summed E-state index contributed by atoms with van der Waals surface area (Å²) in [4.78, 5) is 28.7. The third-order valence-electron chi connectivity index (χ3n) is 3.62. The van der Waals surface area contributed by atoms with Gasteiger partial charge in [0.2, 0.25) is 5.82 Å². The SMILES string of the molecule is O=C(Nc1ccc(C(=O)OCc2nc(-c3ccccc3)no2)s1)c1ccco1. The summed E-state index contributed by atoms with van der Waals surface area (Å²) in [6.45, 7) is -0.148. The van der Waals surface area contributed by atoms with Gasteiger partial charge in [0.05, 0.1) is 11.3 Å². The van der Waals surface area contributed by atoms with Crippen LogP contribution in [-0.2, 0) is 11.3 Å². The second-order valence-corrected chi connectivity index (χ2v) is 6.63. The molecule has 0 saturated carbocycles. The average Bonchev–Trinajstić information content (AvgIpc) is 3.48. The molecule has 3 aromatic heterocycles. The highest BCUT2D eigenvalue weighted by molar-refractivity contribution is 7.18. The van der Waals surface area contributed by atoms with E-state index in [0.717, 1.165) is 16.9 Å². The number of amides is 1. The van der Waals surface area contributed by atoms with Crippen molar-refractivity contribution in [3.05, 3.63) is 77.4 Å². The summed E-state index contributed by atoms with van der Waals surface area (Å²) in [5.74, 6) is -0.155. The molecule has 0 aliphatic carbocycles. The molecule has 4 rings (SSSR count). The number of rotatable bonds is 6. The Hall–Kier alpha value is -3.72. The molecule has 0 spiro atoms. The fourth-order valence-electron chi connectivity index (χ4n) is 2.31. The number of thiophene rings is 1. The molecule has 9 heteroatoms. The van der Waals surface area contributed by atoms with Crippen LogP contribution in [0, 0.1) is 0 Å². The molecule has 1 N–H and O–H groups in total. The zero-order valence-electron chi connectivity index (χ0n) is 14.3. The van der Waals surface area contributed by atoms with Crippen LogP contribution in [0.3, 0.4) is 0 Å². The monoisotopic (exact) mass is 395 g/mol. The van der Waals surface area contributed by atoms with Crippen molar-refractivity contribution in [1.29, 1.82) is 0 Å². The minimum Gasteiger partial charge on any atom is -0.459 e. The van der Waals surface area contributed by atoms with Gasteiger partial charge in [0.25, 0.3) is 11.8 Å². The van der Waals surface area contributed by atoms with Gasteiger partial charge in [-0.3, -0.25) is 4.79 Å². The summed E-state index contributed by atoms with van der Waals surface area (Å²) >= 11 is 1.09. The number of nitrogens with zero attached hydrogens (tertiary/aromatic N) is 2. The van der Waals surface area contributed by atoms with E-state index in [4.69, 9.17) is 13.7 Å². The van der Waals surface area contributed by atoms with Crippen LogP contribution in [0.4, 0.5) is 5.00 Å². The van der Waals surface area contributed by atoms with Crippen LogP contribution in [0.15, 0.2) is 69.8 Å². The Morgan fingerprint density at radius 3 is 2.71 bits per heavy atom. The van der Waals surface area contributed by atoms with Gasteiger partial charge in [-0.2, -0.15) is 4.98 Å². The van der Waals surface area contributed by atoms with E-state index in [1.54, 1.807) is 24.3 Å². The van der Waals surface area contributed by atoms with Crippen LogP contribution in [-0.4, -0.2) is 22.0 Å². The molecule has 0 atom stereocenters. The predicted molar refractivity (Wildman–Crippen MR) is 99.8 cm³/mol. The number of anilines is 1. The van der Waals surface area contributed by atoms with E-state index in [2.05, 4.69) is 15.5 Å². The summed E-state index contributed by atoms with van der Waals surface area (Å²) < 4.78 is 15.3. The Morgan fingerprint density at radius 1 is 1.07 bits per heavy atom. The zero-order chi connectivity index (χ0) is 19.3. The van der Waals surface area contributed by atoms with Crippen LogP contribution in [0.5, 0.6) is 0 Å². The van der Waals surface area contributed by atoms with Gasteiger partial charge in [-0.15, -0.1) is 11.3 Å². The molecule has 0 saturated heterocycles. The molecule has 0 aliphatic heterocycles. The smallest absolute Gasteiger partial charge is 0.348 e. The summed E-state index contributed by atoms with van der Waals surface area (Å²) in [6, 6.07) is 15.7. The van der Waals surface area contributed by atoms with Crippen molar-refractivity contribution in [1.82, 2.24) is 10.1 Å². The Labute approximate surface area is 162 Å². The first-order valence-corrected chi connectivity index (χ1v) is 9.00. The van der Waals surface area contributed by atoms with Gasteiger partial charge in [-0.25, -0.2) is 4.79 Å². The number of carbonyl (C=O) groups excluding carboxylic acids is 2. The molecule has 140 valence electrons. The number of esters is 1. The highest BCUT2D eigenvalue weighted by atomic mass is 32.1. The standard InChI is InChI=1S/C19H13N3O5S/c23-18(13-7-4-10-25-13)21-16-9-8-14(28-16)19(24)26-11-15-20-17(22-27-15)12-5-2-1-3-6-12/h1-10H,11H2,(H,21,23). The van der Waals surface area contributed by atoms with Gasteiger partial charge in [0, 0.05) is 5.56 Å². The molecule has 28 heavy (non-hydrogen) atoms. The second-order valence-electron chi connectivity index (χ2n) is 5.55. The van der Waals surface area contributed by atoms with Crippen molar-refractivity contribution >= 4 is 28.2 Å². The number of ether oxygens (including phenoxy) is 1. The minimum atomic E-state index is -0.553. The van der Waals surface area contributed by atoms with Crippen LogP contribution >= 0.6 is 11.3 Å². The number of furan rings is 1. The maximum Gasteiger partial charge on any atom is 0.348 e.